The summed E-state index contributed by atoms with van der Waals surface area (Å²) in [6.45, 7) is 5.25. The number of aryl methyl sites for hydroxylation is 1. The van der Waals surface area contributed by atoms with Crippen molar-refractivity contribution in [2.75, 3.05) is 31.1 Å². The maximum absolute atomic E-state index is 13.6. The quantitative estimate of drug-likeness (QED) is 0.940. The molecule has 3 rings (SSSR count). The average Bonchev–Trinajstić information content (AvgIpc) is 2.61. The van der Waals surface area contributed by atoms with Gasteiger partial charge in [-0.25, -0.2) is 9.18 Å². The molecule has 4 nitrogen and oxygen atoms in total. The number of piperazine rings is 1. The minimum Gasteiger partial charge on any atom is -0.368 e. The van der Waals surface area contributed by atoms with Crippen LogP contribution in [0.4, 0.5) is 14.9 Å². The van der Waals surface area contributed by atoms with Crippen LogP contribution in [0.2, 0.25) is 0 Å². The Balaban J connectivity index is 1.52. The van der Waals surface area contributed by atoms with Gasteiger partial charge in [0.1, 0.15) is 5.82 Å². The van der Waals surface area contributed by atoms with Gasteiger partial charge in [0.25, 0.3) is 0 Å². The van der Waals surface area contributed by atoms with E-state index in [9.17, 15) is 9.18 Å². The lowest BCUT2D eigenvalue weighted by Crippen LogP contribution is -2.51. The van der Waals surface area contributed by atoms with Gasteiger partial charge in [0.15, 0.2) is 0 Å². The van der Waals surface area contributed by atoms with Crippen molar-refractivity contribution in [3.05, 3.63) is 65.5 Å². The number of hydrogen-bond donors (Lipinski definition) is 1. The first-order valence-corrected chi connectivity index (χ1v) is 8.22. The molecule has 24 heavy (non-hydrogen) atoms. The van der Waals surface area contributed by atoms with Crippen LogP contribution in [-0.2, 0) is 6.54 Å². The number of carbonyl (C=O) groups excluding carboxylic acids is 1. The molecule has 2 aromatic carbocycles. The van der Waals surface area contributed by atoms with Crippen molar-refractivity contribution < 1.29 is 9.18 Å². The average molecular weight is 327 g/mol. The van der Waals surface area contributed by atoms with Crippen LogP contribution in [0, 0.1) is 12.7 Å². The molecular weight excluding hydrogens is 305 g/mol. The van der Waals surface area contributed by atoms with Crippen LogP contribution in [0.1, 0.15) is 11.1 Å². The first kappa shape index (κ1) is 16.3. The second-order valence-electron chi connectivity index (χ2n) is 6.01. The van der Waals surface area contributed by atoms with Gasteiger partial charge in [0.05, 0.1) is 0 Å². The minimum atomic E-state index is -0.290. The van der Waals surface area contributed by atoms with Gasteiger partial charge in [-0.2, -0.15) is 0 Å². The van der Waals surface area contributed by atoms with Gasteiger partial charge in [-0.3, -0.25) is 0 Å². The van der Waals surface area contributed by atoms with Gasteiger partial charge in [-0.15, -0.1) is 0 Å². The molecule has 126 valence electrons. The molecule has 1 fully saturated rings. The third-order valence-corrected chi connectivity index (χ3v) is 4.41. The molecule has 1 aliphatic rings. The first-order chi connectivity index (χ1) is 11.6. The summed E-state index contributed by atoms with van der Waals surface area (Å²) in [5, 5.41) is 2.80. The van der Waals surface area contributed by atoms with Gasteiger partial charge in [-0.05, 0) is 24.6 Å². The Labute approximate surface area is 141 Å². The molecule has 2 amide bonds. The van der Waals surface area contributed by atoms with Crippen molar-refractivity contribution in [1.82, 2.24) is 10.2 Å². The van der Waals surface area contributed by atoms with E-state index in [0.717, 1.165) is 13.1 Å². The normalized spacial score (nSPS) is 14.6. The summed E-state index contributed by atoms with van der Waals surface area (Å²) in [6.07, 6.45) is 0. The Morgan fingerprint density at radius 3 is 2.42 bits per heavy atom. The predicted molar refractivity (Wildman–Crippen MR) is 93.6 cm³/mol. The number of anilines is 1. The molecule has 0 aliphatic carbocycles. The zero-order valence-electron chi connectivity index (χ0n) is 13.8. The molecule has 0 aromatic heterocycles. The van der Waals surface area contributed by atoms with Crippen LogP contribution in [0.5, 0.6) is 0 Å². The molecular formula is C19H22FN3O. The minimum absolute atomic E-state index is 0.136. The van der Waals surface area contributed by atoms with E-state index in [1.54, 1.807) is 23.1 Å². The van der Waals surface area contributed by atoms with E-state index in [1.165, 1.54) is 17.3 Å². The molecule has 0 saturated carbocycles. The molecule has 2 aromatic rings. The zero-order valence-corrected chi connectivity index (χ0v) is 13.8. The van der Waals surface area contributed by atoms with Crippen LogP contribution in [0.15, 0.2) is 48.5 Å². The summed E-state index contributed by atoms with van der Waals surface area (Å²) in [4.78, 5) is 16.4. The van der Waals surface area contributed by atoms with Crippen LogP contribution in [0.3, 0.4) is 0 Å². The molecule has 1 aliphatic heterocycles. The molecule has 0 atom stereocenters. The molecule has 0 radical (unpaired) electrons. The maximum Gasteiger partial charge on any atom is 0.317 e. The largest absolute Gasteiger partial charge is 0.368 e. The number of rotatable bonds is 3. The topological polar surface area (TPSA) is 35.6 Å². The third-order valence-electron chi connectivity index (χ3n) is 4.41. The Bertz CT molecular complexity index is 711. The van der Waals surface area contributed by atoms with Crippen LogP contribution in [0.25, 0.3) is 0 Å². The Hall–Kier alpha value is -2.56. The van der Waals surface area contributed by atoms with Gasteiger partial charge < -0.3 is 15.1 Å². The second-order valence-corrected chi connectivity index (χ2v) is 6.01. The SMILES string of the molecule is Cc1ccccc1N1CCN(C(=O)NCc2ccccc2F)CC1. The summed E-state index contributed by atoms with van der Waals surface area (Å²) in [5.41, 5.74) is 2.98. The van der Waals surface area contributed by atoms with Crippen molar-refractivity contribution in [1.29, 1.82) is 0 Å². The number of nitrogens with one attached hydrogen (secondary N) is 1. The molecule has 1 N–H and O–H groups in total. The monoisotopic (exact) mass is 327 g/mol. The number of nitrogens with zero attached hydrogens (tertiary/aromatic N) is 2. The van der Waals surface area contributed by atoms with E-state index in [1.807, 2.05) is 12.1 Å². The van der Waals surface area contributed by atoms with Crippen LogP contribution < -0.4 is 10.2 Å². The summed E-state index contributed by atoms with van der Waals surface area (Å²) >= 11 is 0. The molecule has 0 spiro atoms. The van der Waals surface area contributed by atoms with Crippen molar-refractivity contribution in [2.24, 2.45) is 0 Å². The number of hydrogen-bond acceptors (Lipinski definition) is 2. The third kappa shape index (κ3) is 3.67. The first-order valence-electron chi connectivity index (χ1n) is 8.22. The Kier molecular flexibility index (Phi) is 4.99. The van der Waals surface area contributed by atoms with Crippen molar-refractivity contribution in [3.63, 3.8) is 0 Å². The number of urea groups is 1. The molecule has 0 bridgehead atoms. The lowest BCUT2D eigenvalue weighted by Gasteiger charge is -2.36. The summed E-state index contributed by atoms with van der Waals surface area (Å²) in [7, 11) is 0. The second kappa shape index (κ2) is 7.34. The van der Waals surface area contributed by atoms with Crippen LogP contribution >= 0.6 is 0 Å². The van der Waals surface area contributed by atoms with Gasteiger partial charge >= 0.3 is 6.03 Å². The Morgan fingerprint density at radius 1 is 1.04 bits per heavy atom. The molecule has 5 heteroatoms. The van der Waals surface area contributed by atoms with E-state index < -0.39 is 0 Å². The number of amides is 2. The standard InChI is InChI=1S/C19H22FN3O/c1-15-6-2-5-9-18(15)22-10-12-23(13-11-22)19(24)21-14-16-7-3-4-8-17(16)20/h2-9H,10-14H2,1H3,(H,21,24). The van der Waals surface area contributed by atoms with E-state index in [4.69, 9.17) is 0 Å². The fourth-order valence-corrected chi connectivity index (χ4v) is 2.99. The highest BCUT2D eigenvalue weighted by molar-refractivity contribution is 5.74. The zero-order chi connectivity index (χ0) is 16.9. The number of carbonyl (C=O) groups is 1. The van der Waals surface area contributed by atoms with Gasteiger partial charge in [-0.1, -0.05) is 36.4 Å². The molecule has 1 saturated heterocycles. The smallest absolute Gasteiger partial charge is 0.317 e. The summed E-state index contributed by atoms with van der Waals surface area (Å²) < 4.78 is 13.6. The van der Waals surface area contributed by atoms with Gasteiger partial charge in [0.2, 0.25) is 0 Å². The fourth-order valence-electron chi connectivity index (χ4n) is 2.99. The predicted octanol–water partition coefficient (Wildman–Crippen LogP) is 3.17. The van der Waals surface area contributed by atoms with Crippen molar-refractivity contribution in [2.45, 2.75) is 13.5 Å². The van der Waals surface area contributed by atoms with Crippen LogP contribution in [-0.4, -0.2) is 37.1 Å². The van der Waals surface area contributed by atoms with Gasteiger partial charge in [0, 0.05) is 44.0 Å². The maximum atomic E-state index is 13.6. The lowest BCUT2D eigenvalue weighted by atomic mass is 10.1. The highest BCUT2D eigenvalue weighted by Gasteiger charge is 2.21. The van der Waals surface area contributed by atoms with E-state index in [-0.39, 0.29) is 18.4 Å². The summed E-state index contributed by atoms with van der Waals surface area (Å²) in [5.74, 6) is -0.290. The number of para-hydroxylation sites is 1. The highest BCUT2D eigenvalue weighted by atomic mass is 19.1. The molecule has 0 unspecified atom stereocenters. The molecule has 1 heterocycles. The Morgan fingerprint density at radius 2 is 1.71 bits per heavy atom. The summed E-state index contributed by atoms with van der Waals surface area (Å²) in [6, 6.07) is 14.7. The number of halogens is 1. The van der Waals surface area contributed by atoms with E-state index in [0.29, 0.717) is 18.7 Å². The highest BCUT2D eigenvalue weighted by Crippen LogP contribution is 2.20. The lowest BCUT2D eigenvalue weighted by molar-refractivity contribution is 0.194. The van der Waals surface area contributed by atoms with Crippen molar-refractivity contribution >= 4 is 11.7 Å². The van der Waals surface area contributed by atoms with E-state index >= 15 is 0 Å². The van der Waals surface area contributed by atoms with Crippen molar-refractivity contribution in [3.8, 4) is 0 Å². The van der Waals surface area contributed by atoms with E-state index in [2.05, 4.69) is 29.3 Å². The number of benzene rings is 2. The fraction of sp³-hybridized carbons (Fsp3) is 0.316.